The van der Waals surface area contributed by atoms with E-state index in [-0.39, 0.29) is 5.78 Å². The second-order valence-electron chi connectivity index (χ2n) is 3.04. The fourth-order valence-corrected chi connectivity index (χ4v) is 1.18. The Kier molecular flexibility index (Phi) is 1.92. The van der Waals surface area contributed by atoms with Crippen molar-refractivity contribution in [2.45, 2.75) is 6.92 Å². The van der Waals surface area contributed by atoms with Gasteiger partial charge in [0.15, 0.2) is 0 Å². The molecule has 0 amide bonds. The third kappa shape index (κ3) is 1.32. The van der Waals surface area contributed by atoms with Gasteiger partial charge in [0.2, 0.25) is 11.6 Å². The van der Waals surface area contributed by atoms with Gasteiger partial charge >= 0.3 is 0 Å². The van der Waals surface area contributed by atoms with Gasteiger partial charge in [0.05, 0.1) is 5.56 Å². The minimum atomic E-state index is -0.179. The number of hydrogen-bond acceptors (Lipinski definition) is 4. The molecule has 0 saturated heterocycles. The van der Waals surface area contributed by atoms with E-state index in [1.54, 1.807) is 24.6 Å². The van der Waals surface area contributed by atoms with Gasteiger partial charge in [-0.05, 0) is 13.0 Å². The van der Waals surface area contributed by atoms with E-state index in [2.05, 4.69) is 10.2 Å². The number of carbonyl (C=O) groups is 1. The fraction of sp³-hybridized carbons (Fsp3) is 0.222. The zero-order valence-electron chi connectivity index (χ0n) is 7.89. The monoisotopic (exact) mass is 191 g/mol. The van der Waals surface area contributed by atoms with Crippen molar-refractivity contribution in [3.63, 3.8) is 0 Å². The van der Waals surface area contributed by atoms with E-state index in [1.165, 1.54) is 12.6 Å². The molecule has 14 heavy (non-hydrogen) atoms. The standard InChI is InChI=1S/C9H9N3O2/c1-6-3-7(4-14-6)8(13)9-11-10-5-12(9)2/h3-5H,1-2H3. The van der Waals surface area contributed by atoms with Crippen LogP contribution < -0.4 is 0 Å². The molecule has 0 N–H and O–H groups in total. The van der Waals surface area contributed by atoms with Gasteiger partial charge in [-0.15, -0.1) is 10.2 Å². The van der Waals surface area contributed by atoms with Gasteiger partial charge in [0.1, 0.15) is 18.4 Å². The first-order valence-electron chi connectivity index (χ1n) is 4.12. The van der Waals surface area contributed by atoms with Crippen LogP contribution in [-0.2, 0) is 7.05 Å². The van der Waals surface area contributed by atoms with Crippen molar-refractivity contribution in [3.05, 3.63) is 35.8 Å². The van der Waals surface area contributed by atoms with Gasteiger partial charge in [-0.1, -0.05) is 0 Å². The van der Waals surface area contributed by atoms with Gasteiger partial charge in [-0.2, -0.15) is 0 Å². The normalized spacial score (nSPS) is 10.4. The molecule has 0 unspecified atom stereocenters. The molecule has 0 saturated carbocycles. The minimum Gasteiger partial charge on any atom is -0.469 e. The first kappa shape index (κ1) is 8.68. The SMILES string of the molecule is Cc1cc(C(=O)c2nncn2C)co1. The highest BCUT2D eigenvalue weighted by Gasteiger charge is 2.16. The van der Waals surface area contributed by atoms with Gasteiger partial charge < -0.3 is 8.98 Å². The molecule has 0 aliphatic carbocycles. The molecule has 0 aliphatic heterocycles. The van der Waals surface area contributed by atoms with Crippen molar-refractivity contribution in [1.29, 1.82) is 0 Å². The summed E-state index contributed by atoms with van der Waals surface area (Å²) < 4.78 is 6.62. The molecular formula is C9H9N3O2. The summed E-state index contributed by atoms with van der Waals surface area (Å²) in [7, 11) is 1.72. The van der Waals surface area contributed by atoms with E-state index >= 15 is 0 Å². The molecule has 2 heterocycles. The third-order valence-electron chi connectivity index (χ3n) is 1.91. The van der Waals surface area contributed by atoms with Crippen molar-refractivity contribution < 1.29 is 9.21 Å². The van der Waals surface area contributed by atoms with Crippen molar-refractivity contribution >= 4 is 5.78 Å². The molecule has 2 rings (SSSR count). The Morgan fingerprint density at radius 1 is 1.57 bits per heavy atom. The lowest BCUT2D eigenvalue weighted by atomic mass is 10.2. The number of nitrogens with zero attached hydrogens (tertiary/aromatic N) is 3. The van der Waals surface area contributed by atoms with E-state index in [0.717, 1.165) is 0 Å². The highest BCUT2D eigenvalue weighted by molar-refractivity contribution is 6.06. The number of carbonyl (C=O) groups excluding carboxylic acids is 1. The Balaban J connectivity index is 2.38. The third-order valence-corrected chi connectivity index (χ3v) is 1.91. The first-order valence-corrected chi connectivity index (χ1v) is 4.12. The van der Waals surface area contributed by atoms with Crippen LogP contribution in [0.25, 0.3) is 0 Å². The largest absolute Gasteiger partial charge is 0.469 e. The summed E-state index contributed by atoms with van der Waals surface area (Å²) >= 11 is 0. The van der Waals surface area contributed by atoms with E-state index in [9.17, 15) is 4.79 Å². The molecular weight excluding hydrogens is 182 g/mol. The number of aryl methyl sites for hydroxylation is 2. The second-order valence-corrected chi connectivity index (χ2v) is 3.04. The highest BCUT2D eigenvalue weighted by Crippen LogP contribution is 2.10. The molecule has 0 fully saturated rings. The Hall–Kier alpha value is -1.91. The molecule has 0 aromatic carbocycles. The number of aromatic nitrogens is 3. The van der Waals surface area contributed by atoms with Crippen LogP contribution in [0.4, 0.5) is 0 Å². The summed E-state index contributed by atoms with van der Waals surface area (Å²) in [6.07, 6.45) is 2.91. The quantitative estimate of drug-likeness (QED) is 0.663. The average Bonchev–Trinajstić information content (AvgIpc) is 2.73. The molecule has 0 bridgehead atoms. The van der Waals surface area contributed by atoms with Crippen molar-refractivity contribution in [2.75, 3.05) is 0 Å². The summed E-state index contributed by atoms with van der Waals surface area (Å²) in [5.74, 6) is 0.836. The lowest BCUT2D eigenvalue weighted by molar-refractivity contribution is 0.102. The summed E-state index contributed by atoms with van der Waals surface area (Å²) in [6.45, 7) is 1.79. The van der Waals surface area contributed by atoms with E-state index in [0.29, 0.717) is 17.1 Å². The van der Waals surface area contributed by atoms with Crippen LogP contribution in [0.5, 0.6) is 0 Å². The van der Waals surface area contributed by atoms with E-state index in [4.69, 9.17) is 4.42 Å². The van der Waals surface area contributed by atoms with Crippen LogP contribution in [-0.4, -0.2) is 20.5 Å². The van der Waals surface area contributed by atoms with Crippen LogP contribution >= 0.6 is 0 Å². The lowest BCUT2D eigenvalue weighted by Gasteiger charge is -1.94. The number of rotatable bonds is 2. The molecule has 0 spiro atoms. The highest BCUT2D eigenvalue weighted by atomic mass is 16.3. The van der Waals surface area contributed by atoms with Crippen LogP contribution in [0.15, 0.2) is 23.1 Å². The second kappa shape index (κ2) is 3.10. The average molecular weight is 191 g/mol. The Labute approximate surface area is 80.4 Å². The van der Waals surface area contributed by atoms with Crippen molar-refractivity contribution in [2.24, 2.45) is 7.05 Å². The zero-order valence-corrected chi connectivity index (χ0v) is 7.89. The summed E-state index contributed by atoms with van der Waals surface area (Å²) in [5, 5.41) is 7.36. The zero-order chi connectivity index (χ0) is 10.1. The van der Waals surface area contributed by atoms with Crippen molar-refractivity contribution in [1.82, 2.24) is 14.8 Å². The van der Waals surface area contributed by atoms with Gasteiger partial charge in [-0.3, -0.25) is 4.79 Å². The predicted octanol–water partition coefficient (Wildman–Crippen LogP) is 0.948. The van der Waals surface area contributed by atoms with Crippen LogP contribution in [0.2, 0.25) is 0 Å². The number of ketones is 1. The molecule has 0 radical (unpaired) electrons. The van der Waals surface area contributed by atoms with Gasteiger partial charge in [-0.25, -0.2) is 0 Å². The smallest absolute Gasteiger partial charge is 0.233 e. The topological polar surface area (TPSA) is 60.9 Å². The predicted molar refractivity (Wildman–Crippen MR) is 47.9 cm³/mol. The van der Waals surface area contributed by atoms with Crippen LogP contribution in [0.1, 0.15) is 21.9 Å². The van der Waals surface area contributed by atoms with Crippen LogP contribution in [0.3, 0.4) is 0 Å². The molecule has 0 atom stereocenters. The van der Waals surface area contributed by atoms with Gasteiger partial charge in [0.25, 0.3) is 0 Å². The summed E-state index contributed by atoms with van der Waals surface area (Å²) in [6, 6.07) is 1.68. The summed E-state index contributed by atoms with van der Waals surface area (Å²) in [5.41, 5.74) is 0.499. The maximum atomic E-state index is 11.8. The molecule has 0 aliphatic rings. The summed E-state index contributed by atoms with van der Waals surface area (Å²) in [4.78, 5) is 11.8. The first-order chi connectivity index (χ1) is 6.68. The Morgan fingerprint density at radius 3 is 2.86 bits per heavy atom. The van der Waals surface area contributed by atoms with Crippen molar-refractivity contribution in [3.8, 4) is 0 Å². The molecule has 5 nitrogen and oxygen atoms in total. The number of furan rings is 1. The van der Waals surface area contributed by atoms with E-state index < -0.39 is 0 Å². The maximum absolute atomic E-state index is 11.8. The Bertz CT molecular complexity index is 470. The fourth-order valence-electron chi connectivity index (χ4n) is 1.18. The molecule has 5 heteroatoms. The molecule has 2 aromatic heterocycles. The van der Waals surface area contributed by atoms with E-state index in [1.807, 2.05) is 0 Å². The number of hydrogen-bond donors (Lipinski definition) is 0. The maximum Gasteiger partial charge on any atom is 0.233 e. The van der Waals surface area contributed by atoms with Gasteiger partial charge in [0, 0.05) is 7.05 Å². The minimum absolute atomic E-state index is 0.179. The molecule has 2 aromatic rings. The lowest BCUT2D eigenvalue weighted by Crippen LogP contribution is -2.07. The Morgan fingerprint density at radius 2 is 2.36 bits per heavy atom. The molecule has 72 valence electrons. The van der Waals surface area contributed by atoms with Crippen LogP contribution in [0, 0.1) is 6.92 Å².